The molecule has 3 rings (SSSR count). The van der Waals surface area contributed by atoms with Crippen molar-refractivity contribution in [1.29, 1.82) is 0 Å². The smallest absolute Gasteiger partial charge is 0.316 e. The van der Waals surface area contributed by atoms with Gasteiger partial charge in [-0.05, 0) is 31.2 Å². The molecular weight excluding hydrogens is 353 g/mol. The van der Waals surface area contributed by atoms with Crippen molar-refractivity contribution in [2.45, 2.75) is 43.6 Å². The lowest BCUT2D eigenvalue weighted by molar-refractivity contribution is -0.119. The first-order valence-corrected chi connectivity index (χ1v) is 9.90. The zero-order chi connectivity index (χ0) is 18.2. The number of benzene rings is 1. The first-order chi connectivity index (χ1) is 12.7. The summed E-state index contributed by atoms with van der Waals surface area (Å²) in [5.74, 6) is 0.910. The van der Waals surface area contributed by atoms with Gasteiger partial charge in [-0.15, -0.1) is 11.8 Å². The molecule has 1 aromatic heterocycles. The Balaban J connectivity index is 1.33. The van der Waals surface area contributed by atoms with Crippen LogP contribution in [0.4, 0.5) is 4.39 Å². The lowest BCUT2D eigenvalue weighted by atomic mass is 9.93. The lowest BCUT2D eigenvalue weighted by Gasteiger charge is -2.28. The molecule has 1 N–H and O–H groups in total. The molecule has 138 valence electrons. The van der Waals surface area contributed by atoms with E-state index in [-0.39, 0.29) is 24.1 Å². The number of aromatic nitrogens is 2. The predicted octanol–water partition coefficient (Wildman–Crippen LogP) is 3.36. The Morgan fingerprint density at radius 1 is 1.15 bits per heavy atom. The highest BCUT2D eigenvalue weighted by Crippen LogP contribution is 2.22. The van der Waals surface area contributed by atoms with Crippen molar-refractivity contribution in [3.05, 3.63) is 54.1 Å². The largest absolute Gasteiger partial charge is 0.460 e. The van der Waals surface area contributed by atoms with E-state index in [1.54, 1.807) is 11.8 Å². The second kappa shape index (κ2) is 9.52. The molecule has 1 aliphatic carbocycles. The molecule has 0 aliphatic heterocycles. The van der Waals surface area contributed by atoms with E-state index in [1.807, 2.05) is 18.2 Å². The number of nitrogens with one attached hydrogen (secondary N) is 1. The van der Waals surface area contributed by atoms with E-state index in [1.165, 1.54) is 5.56 Å². The van der Waals surface area contributed by atoms with E-state index in [0.717, 1.165) is 43.8 Å². The van der Waals surface area contributed by atoms with Crippen LogP contribution in [0.3, 0.4) is 0 Å². The summed E-state index contributed by atoms with van der Waals surface area (Å²) in [7, 11) is 0. The van der Waals surface area contributed by atoms with Gasteiger partial charge in [0.1, 0.15) is 6.10 Å². The Kier molecular flexibility index (Phi) is 6.82. The number of carbonyl (C=O) groups excluding carboxylic acids is 1. The Morgan fingerprint density at radius 2 is 1.85 bits per heavy atom. The van der Waals surface area contributed by atoms with Gasteiger partial charge in [-0.3, -0.25) is 4.79 Å². The molecule has 0 radical (unpaired) electrons. The molecule has 7 heteroatoms. The van der Waals surface area contributed by atoms with Gasteiger partial charge in [0.2, 0.25) is 5.91 Å². The molecule has 1 heterocycles. The maximum atomic E-state index is 12.8. The predicted molar refractivity (Wildman–Crippen MR) is 99.4 cm³/mol. The zero-order valence-corrected chi connectivity index (χ0v) is 15.3. The van der Waals surface area contributed by atoms with Crippen LogP contribution in [0.1, 0.15) is 31.2 Å². The molecular formula is C19H22FN3O2S. The molecule has 5 nitrogen and oxygen atoms in total. The Bertz CT molecular complexity index is 692. The van der Waals surface area contributed by atoms with Crippen LogP contribution in [-0.2, 0) is 10.5 Å². The van der Waals surface area contributed by atoms with E-state index in [9.17, 15) is 9.18 Å². The van der Waals surface area contributed by atoms with Gasteiger partial charge in [-0.1, -0.05) is 30.3 Å². The second-order valence-electron chi connectivity index (χ2n) is 6.32. The third kappa shape index (κ3) is 5.98. The highest BCUT2D eigenvalue weighted by molar-refractivity contribution is 7.99. The summed E-state index contributed by atoms with van der Waals surface area (Å²) in [6, 6.07) is 10.5. The Hall–Kier alpha value is -2.15. The van der Waals surface area contributed by atoms with Crippen LogP contribution in [0.15, 0.2) is 42.7 Å². The average Bonchev–Trinajstić information content (AvgIpc) is 2.66. The Labute approximate surface area is 156 Å². The third-order valence-corrected chi connectivity index (χ3v) is 5.26. The van der Waals surface area contributed by atoms with E-state index in [2.05, 4.69) is 27.4 Å². The molecule has 2 aromatic rings. The number of hydrogen-bond donors (Lipinski definition) is 1. The summed E-state index contributed by atoms with van der Waals surface area (Å²) in [4.78, 5) is 19.7. The number of hydrogen-bond acceptors (Lipinski definition) is 5. The molecule has 0 saturated heterocycles. The van der Waals surface area contributed by atoms with Gasteiger partial charge in [0, 0.05) is 11.8 Å². The number of amides is 1. The number of ether oxygens (including phenoxy) is 1. The number of thioether (sulfide) groups is 1. The quantitative estimate of drug-likeness (QED) is 0.804. The van der Waals surface area contributed by atoms with Crippen molar-refractivity contribution in [3.63, 3.8) is 0 Å². The zero-order valence-electron chi connectivity index (χ0n) is 14.4. The standard InChI is InChI=1S/C19H22FN3O2S/c20-15-10-21-19(22-11-15)25-17-8-6-16(7-9-17)23-18(24)13-26-12-14-4-2-1-3-5-14/h1-5,10-11,16-17H,6-9,12-13H2,(H,23,24). The summed E-state index contributed by atoms with van der Waals surface area (Å²) < 4.78 is 18.5. The highest BCUT2D eigenvalue weighted by atomic mass is 32.2. The molecule has 1 saturated carbocycles. The molecule has 0 unspecified atom stereocenters. The third-order valence-electron chi connectivity index (χ3n) is 4.25. The molecule has 1 amide bonds. The van der Waals surface area contributed by atoms with Crippen molar-refractivity contribution in [3.8, 4) is 6.01 Å². The minimum atomic E-state index is -0.478. The number of nitrogens with zero attached hydrogens (tertiary/aromatic N) is 2. The van der Waals surface area contributed by atoms with Crippen molar-refractivity contribution < 1.29 is 13.9 Å². The van der Waals surface area contributed by atoms with Gasteiger partial charge in [0.25, 0.3) is 0 Å². The van der Waals surface area contributed by atoms with Crippen LogP contribution in [0.2, 0.25) is 0 Å². The molecule has 0 atom stereocenters. The summed E-state index contributed by atoms with van der Waals surface area (Å²) >= 11 is 1.62. The maximum absolute atomic E-state index is 12.8. The molecule has 26 heavy (non-hydrogen) atoms. The SMILES string of the molecule is O=C(CSCc1ccccc1)NC1CCC(Oc2ncc(F)cn2)CC1. The Morgan fingerprint density at radius 3 is 2.54 bits per heavy atom. The molecule has 1 aliphatic rings. The summed E-state index contributed by atoms with van der Waals surface area (Å²) in [5.41, 5.74) is 1.23. The second-order valence-corrected chi connectivity index (χ2v) is 7.31. The van der Waals surface area contributed by atoms with Crippen LogP contribution < -0.4 is 10.1 Å². The van der Waals surface area contributed by atoms with Crippen LogP contribution in [0, 0.1) is 5.82 Å². The van der Waals surface area contributed by atoms with Gasteiger partial charge >= 0.3 is 6.01 Å². The number of carbonyl (C=O) groups is 1. The van der Waals surface area contributed by atoms with Crippen LogP contribution >= 0.6 is 11.8 Å². The fraction of sp³-hybridized carbons (Fsp3) is 0.421. The molecule has 0 bridgehead atoms. The van der Waals surface area contributed by atoms with E-state index < -0.39 is 5.82 Å². The van der Waals surface area contributed by atoms with Gasteiger partial charge < -0.3 is 10.1 Å². The van der Waals surface area contributed by atoms with Crippen molar-refractivity contribution >= 4 is 17.7 Å². The highest BCUT2D eigenvalue weighted by Gasteiger charge is 2.24. The summed E-state index contributed by atoms with van der Waals surface area (Å²) in [6.45, 7) is 0. The minimum absolute atomic E-state index is 0.0149. The normalized spacial score (nSPS) is 19.7. The van der Waals surface area contributed by atoms with Crippen molar-refractivity contribution in [2.75, 3.05) is 5.75 Å². The first-order valence-electron chi connectivity index (χ1n) is 8.74. The van der Waals surface area contributed by atoms with Gasteiger partial charge in [-0.2, -0.15) is 0 Å². The topological polar surface area (TPSA) is 64.1 Å². The monoisotopic (exact) mass is 375 g/mol. The van der Waals surface area contributed by atoms with E-state index in [0.29, 0.717) is 5.75 Å². The maximum Gasteiger partial charge on any atom is 0.316 e. The van der Waals surface area contributed by atoms with Crippen LogP contribution in [0.25, 0.3) is 0 Å². The molecule has 1 aromatic carbocycles. The molecule has 1 fully saturated rings. The lowest BCUT2D eigenvalue weighted by Crippen LogP contribution is -2.40. The van der Waals surface area contributed by atoms with Gasteiger partial charge in [0.05, 0.1) is 18.1 Å². The van der Waals surface area contributed by atoms with Gasteiger partial charge in [0.15, 0.2) is 5.82 Å². The fourth-order valence-corrected chi connectivity index (χ4v) is 3.74. The van der Waals surface area contributed by atoms with Crippen molar-refractivity contribution in [1.82, 2.24) is 15.3 Å². The fourth-order valence-electron chi connectivity index (χ4n) is 2.94. The molecule has 0 spiro atoms. The first kappa shape index (κ1) is 18.6. The van der Waals surface area contributed by atoms with E-state index in [4.69, 9.17) is 4.74 Å². The van der Waals surface area contributed by atoms with Crippen molar-refractivity contribution in [2.24, 2.45) is 0 Å². The number of rotatable bonds is 7. The van der Waals surface area contributed by atoms with E-state index >= 15 is 0 Å². The minimum Gasteiger partial charge on any atom is -0.460 e. The number of halogens is 1. The van der Waals surface area contributed by atoms with Gasteiger partial charge in [-0.25, -0.2) is 14.4 Å². The average molecular weight is 375 g/mol. The van der Waals surface area contributed by atoms with Crippen LogP contribution in [0.5, 0.6) is 6.01 Å². The summed E-state index contributed by atoms with van der Waals surface area (Å²) in [5, 5.41) is 3.10. The summed E-state index contributed by atoms with van der Waals surface area (Å²) in [6.07, 6.45) is 5.58. The van der Waals surface area contributed by atoms with Crippen LogP contribution in [-0.4, -0.2) is 33.8 Å².